The third-order valence-corrected chi connectivity index (χ3v) is 2.62. The molecule has 0 aliphatic carbocycles. The van der Waals surface area contributed by atoms with Gasteiger partial charge in [0.25, 0.3) is 0 Å². The maximum atomic E-state index is 11.3. The molecule has 1 heterocycles. The molecule has 1 aromatic heterocycles. The molecule has 1 rings (SSSR count). The summed E-state index contributed by atoms with van der Waals surface area (Å²) < 4.78 is 6.13. The predicted octanol–water partition coefficient (Wildman–Crippen LogP) is 1.59. The number of rotatable bonds is 2. The van der Waals surface area contributed by atoms with E-state index < -0.39 is 5.97 Å². The molecule has 0 unspecified atom stereocenters. The van der Waals surface area contributed by atoms with Crippen LogP contribution in [-0.2, 0) is 11.8 Å². The number of nitrogens with zero attached hydrogens (tertiary/aromatic N) is 1. The summed E-state index contributed by atoms with van der Waals surface area (Å²) in [6.07, 6.45) is 0.557. The molecule has 0 fully saturated rings. The molecule has 0 saturated carbocycles. The molecule has 0 amide bonds. The van der Waals surface area contributed by atoms with Crippen LogP contribution in [0, 0.1) is 6.92 Å². The molecule has 0 aliphatic rings. The maximum absolute atomic E-state index is 11.3. The Morgan fingerprint density at radius 3 is 2.57 bits per heavy atom. The number of aromatic nitrogens is 1. The van der Waals surface area contributed by atoms with E-state index in [0.29, 0.717) is 12.0 Å². The summed E-state index contributed by atoms with van der Waals surface area (Å²) in [5.41, 5.74) is 1.03. The van der Waals surface area contributed by atoms with E-state index in [-0.39, 0.29) is 16.3 Å². The summed E-state index contributed by atoms with van der Waals surface area (Å²) in [7, 11) is 2.94. The number of hydrogen-bond donors (Lipinski definition) is 0. The lowest BCUT2D eigenvalue weighted by Gasteiger charge is -1.99. The summed E-state index contributed by atoms with van der Waals surface area (Å²) in [6.45, 7) is 1.70. The normalized spacial score (nSPS) is 10.0. The highest BCUT2D eigenvalue weighted by molar-refractivity contribution is 6.33. The van der Waals surface area contributed by atoms with Crippen molar-refractivity contribution in [2.45, 2.75) is 6.92 Å². The Bertz CT molecular complexity index is 395. The Hall–Kier alpha value is -1.29. The molecule has 0 atom stereocenters. The van der Waals surface area contributed by atoms with E-state index in [2.05, 4.69) is 4.74 Å². The summed E-state index contributed by atoms with van der Waals surface area (Å²) >= 11 is 5.84. The van der Waals surface area contributed by atoms with Crippen molar-refractivity contribution in [2.75, 3.05) is 7.11 Å². The molecule has 0 radical (unpaired) electrons. The minimum absolute atomic E-state index is 0.179. The van der Waals surface area contributed by atoms with Crippen LogP contribution in [0.2, 0.25) is 5.15 Å². The number of aldehydes is 1. The van der Waals surface area contributed by atoms with Crippen LogP contribution in [-0.4, -0.2) is 23.9 Å². The van der Waals surface area contributed by atoms with Crippen molar-refractivity contribution in [2.24, 2.45) is 7.05 Å². The van der Waals surface area contributed by atoms with Gasteiger partial charge in [-0.1, -0.05) is 11.6 Å². The fourth-order valence-corrected chi connectivity index (χ4v) is 1.53. The number of esters is 1. The Balaban J connectivity index is 3.48. The van der Waals surface area contributed by atoms with Gasteiger partial charge in [0.05, 0.1) is 18.2 Å². The lowest BCUT2D eigenvalue weighted by atomic mass is 10.2. The van der Waals surface area contributed by atoms with Gasteiger partial charge in [0.1, 0.15) is 5.15 Å². The monoisotopic (exact) mass is 215 g/mol. The second kappa shape index (κ2) is 3.84. The van der Waals surface area contributed by atoms with E-state index >= 15 is 0 Å². The van der Waals surface area contributed by atoms with Gasteiger partial charge in [-0.3, -0.25) is 4.79 Å². The van der Waals surface area contributed by atoms with Crippen molar-refractivity contribution in [3.8, 4) is 0 Å². The zero-order valence-corrected chi connectivity index (χ0v) is 8.88. The molecule has 4 nitrogen and oxygen atoms in total. The van der Waals surface area contributed by atoms with Crippen LogP contribution in [0.3, 0.4) is 0 Å². The molecule has 0 saturated heterocycles. The van der Waals surface area contributed by atoms with E-state index in [1.807, 2.05) is 0 Å². The number of halogens is 1. The molecule has 0 aliphatic heterocycles. The molecular weight excluding hydrogens is 206 g/mol. The molecule has 76 valence electrons. The van der Waals surface area contributed by atoms with Gasteiger partial charge in [-0.05, 0) is 6.92 Å². The lowest BCUT2D eigenvalue weighted by molar-refractivity contribution is 0.0597. The van der Waals surface area contributed by atoms with E-state index in [0.717, 1.165) is 0 Å². The maximum Gasteiger partial charge on any atom is 0.340 e. The van der Waals surface area contributed by atoms with Crippen LogP contribution < -0.4 is 0 Å². The largest absolute Gasteiger partial charge is 0.465 e. The summed E-state index contributed by atoms with van der Waals surface area (Å²) in [5.74, 6) is -0.549. The number of carbonyl (C=O) groups excluding carboxylic acids is 2. The smallest absolute Gasteiger partial charge is 0.340 e. The Labute approximate surface area is 86.4 Å². The number of hydrogen-bond acceptors (Lipinski definition) is 3. The molecule has 14 heavy (non-hydrogen) atoms. The fraction of sp³-hybridized carbons (Fsp3) is 0.333. The third kappa shape index (κ3) is 1.42. The highest BCUT2D eigenvalue weighted by atomic mass is 35.5. The second-order valence-corrected chi connectivity index (χ2v) is 3.19. The summed E-state index contributed by atoms with van der Waals surface area (Å²) in [5, 5.41) is 0.248. The predicted molar refractivity (Wildman–Crippen MR) is 51.9 cm³/mol. The van der Waals surface area contributed by atoms with Crippen molar-refractivity contribution in [1.29, 1.82) is 0 Å². The van der Waals surface area contributed by atoms with E-state index in [4.69, 9.17) is 11.6 Å². The summed E-state index contributed by atoms with van der Waals surface area (Å²) in [6, 6.07) is 0. The third-order valence-electron chi connectivity index (χ3n) is 2.16. The first-order valence-electron chi connectivity index (χ1n) is 3.92. The molecule has 0 bridgehead atoms. The Morgan fingerprint density at radius 1 is 1.57 bits per heavy atom. The average Bonchev–Trinajstić information content (AvgIpc) is 2.41. The molecule has 1 aromatic rings. The SMILES string of the molecule is COC(=O)c1c(C=O)c(Cl)n(C)c1C. The van der Waals surface area contributed by atoms with Gasteiger partial charge in [0, 0.05) is 12.7 Å². The zero-order valence-electron chi connectivity index (χ0n) is 8.13. The number of ether oxygens (including phenoxy) is 1. The minimum Gasteiger partial charge on any atom is -0.465 e. The van der Waals surface area contributed by atoms with Gasteiger partial charge in [-0.2, -0.15) is 0 Å². The van der Waals surface area contributed by atoms with Crippen LogP contribution in [0.4, 0.5) is 0 Å². The standard InChI is InChI=1S/C9H10ClNO3/c1-5-7(9(13)14-3)6(4-12)8(10)11(5)2/h4H,1-3H3. The van der Waals surface area contributed by atoms with E-state index in [9.17, 15) is 9.59 Å². The summed E-state index contributed by atoms with van der Waals surface area (Å²) in [4.78, 5) is 22.1. The molecule has 5 heteroatoms. The molecule has 0 spiro atoms. The van der Waals surface area contributed by atoms with Crippen LogP contribution in [0.15, 0.2) is 0 Å². The average molecular weight is 216 g/mol. The van der Waals surface area contributed by atoms with Crippen LogP contribution in [0.1, 0.15) is 26.4 Å². The highest BCUT2D eigenvalue weighted by Gasteiger charge is 2.22. The number of methoxy groups -OCH3 is 1. The quantitative estimate of drug-likeness (QED) is 0.556. The van der Waals surface area contributed by atoms with Gasteiger partial charge in [0.2, 0.25) is 0 Å². The van der Waals surface area contributed by atoms with Gasteiger partial charge >= 0.3 is 5.97 Å². The zero-order chi connectivity index (χ0) is 10.9. The molecule has 0 N–H and O–H groups in total. The Kier molecular flexibility index (Phi) is 2.96. The van der Waals surface area contributed by atoms with E-state index in [1.165, 1.54) is 7.11 Å². The van der Waals surface area contributed by atoms with Crippen molar-refractivity contribution < 1.29 is 14.3 Å². The Morgan fingerprint density at radius 2 is 2.14 bits per heavy atom. The van der Waals surface area contributed by atoms with Crippen LogP contribution in [0.5, 0.6) is 0 Å². The van der Waals surface area contributed by atoms with Gasteiger partial charge < -0.3 is 9.30 Å². The first kappa shape index (κ1) is 10.8. The van der Waals surface area contributed by atoms with Crippen molar-refractivity contribution in [1.82, 2.24) is 4.57 Å². The first-order valence-corrected chi connectivity index (χ1v) is 4.30. The van der Waals surface area contributed by atoms with Crippen LogP contribution in [0.25, 0.3) is 0 Å². The van der Waals surface area contributed by atoms with Crippen molar-refractivity contribution >= 4 is 23.9 Å². The second-order valence-electron chi connectivity index (χ2n) is 2.83. The van der Waals surface area contributed by atoms with Crippen LogP contribution >= 0.6 is 11.6 Å². The topological polar surface area (TPSA) is 48.3 Å². The van der Waals surface area contributed by atoms with Crippen molar-refractivity contribution in [3.63, 3.8) is 0 Å². The number of carbonyl (C=O) groups is 2. The van der Waals surface area contributed by atoms with Gasteiger partial charge in [0.15, 0.2) is 6.29 Å². The minimum atomic E-state index is -0.549. The molecular formula is C9H10ClNO3. The van der Waals surface area contributed by atoms with E-state index in [1.54, 1.807) is 18.5 Å². The lowest BCUT2D eigenvalue weighted by Crippen LogP contribution is -2.05. The van der Waals surface area contributed by atoms with Gasteiger partial charge in [-0.15, -0.1) is 0 Å². The van der Waals surface area contributed by atoms with Gasteiger partial charge in [-0.25, -0.2) is 4.79 Å². The van der Waals surface area contributed by atoms with Crippen molar-refractivity contribution in [3.05, 3.63) is 22.0 Å². The fourth-order valence-electron chi connectivity index (χ4n) is 1.26. The highest BCUT2D eigenvalue weighted by Crippen LogP contribution is 2.24. The molecule has 0 aromatic carbocycles. The first-order chi connectivity index (χ1) is 6.54.